The Morgan fingerprint density at radius 1 is 1.57 bits per heavy atom. The predicted octanol–water partition coefficient (Wildman–Crippen LogP) is 0.742. The van der Waals surface area contributed by atoms with E-state index in [1.54, 1.807) is 6.20 Å². The van der Waals surface area contributed by atoms with Crippen molar-refractivity contribution in [2.24, 2.45) is 0 Å². The van der Waals surface area contributed by atoms with Crippen molar-refractivity contribution in [1.29, 1.82) is 0 Å². The molecule has 0 fully saturated rings. The second-order valence-corrected chi connectivity index (χ2v) is 4.29. The first-order valence-corrected chi connectivity index (χ1v) is 5.40. The quantitative estimate of drug-likeness (QED) is 0.851. The second kappa shape index (κ2) is 5.48. The van der Waals surface area contributed by atoms with Crippen LogP contribution in [0.1, 0.15) is 5.69 Å². The van der Waals surface area contributed by atoms with Gasteiger partial charge in [0, 0.05) is 19.6 Å². The molecule has 1 heterocycles. The molecule has 4 nitrogen and oxygen atoms in total. The van der Waals surface area contributed by atoms with Gasteiger partial charge in [-0.25, -0.2) is 0 Å². The van der Waals surface area contributed by atoms with E-state index in [0.717, 1.165) is 23.3 Å². The minimum absolute atomic E-state index is 0.159. The standard InChI is InChI=1S/C9H16BrN3O/c1-12(2)4-5-13-9(3-6-14)8(10)7-11-13/h7,14H,3-6H2,1-2H3. The summed E-state index contributed by atoms with van der Waals surface area (Å²) in [6.07, 6.45) is 2.43. The molecule has 0 spiro atoms. The normalized spacial score (nSPS) is 11.2. The molecule has 80 valence electrons. The number of rotatable bonds is 5. The van der Waals surface area contributed by atoms with E-state index in [2.05, 4.69) is 25.9 Å². The first-order valence-electron chi connectivity index (χ1n) is 4.61. The molecule has 5 heteroatoms. The Balaban J connectivity index is 2.65. The first-order chi connectivity index (χ1) is 6.65. The highest BCUT2D eigenvalue weighted by molar-refractivity contribution is 9.10. The molecule has 0 radical (unpaired) electrons. The summed E-state index contributed by atoms with van der Waals surface area (Å²) in [4.78, 5) is 2.11. The van der Waals surface area contributed by atoms with Crippen LogP contribution in [-0.2, 0) is 13.0 Å². The van der Waals surface area contributed by atoms with Crippen molar-refractivity contribution < 1.29 is 5.11 Å². The molecule has 1 rings (SSSR count). The molecule has 1 aromatic rings. The third kappa shape index (κ3) is 3.08. The zero-order valence-corrected chi connectivity index (χ0v) is 10.2. The molecule has 1 N–H and O–H groups in total. The van der Waals surface area contributed by atoms with Gasteiger partial charge in [-0.15, -0.1) is 0 Å². The third-order valence-corrected chi connectivity index (χ3v) is 2.67. The van der Waals surface area contributed by atoms with Gasteiger partial charge >= 0.3 is 0 Å². The number of aliphatic hydroxyl groups excluding tert-OH is 1. The molecule has 0 saturated carbocycles. The number of aliphatic hydroxyl groups is 1. The summed E-state index contributed by atoms with van der Waals surface area (Å²) >= 11 is 3.42. The Bertz CT molecular complexity index is 286. The number of hydrogen-bond acceptors (Lipinski definition) is 3. The summed E-state index contributed by atoms with van der Waals surface area (Å²) in [5, 5.41) is 13.1. The molecular weight excluding hydrogens is 246 g/mol. The molecule has 0 saturated heterocycles. The van der Waals surface area contributed by atoms with Crippen LogP contribution < -0.4 is 0 Å². The smallest absolute Gasteiger partial charge is 0.0635 e. The van der Waals surface area contributed by atoms with Crippen molar-refractivity contribution in [2.45, 2.75) is 13.0 Å². The van der Waals surface area contributed by atoms with Crippen molar-refractivity contribution in [3.05, 3.63) is 16.4 Å². The maximum Gasteiger partial charge on any atom is 0.0635 e. The van der Waals surface area contributed by atoms with Crippen molar-refractivity contribution >= 4 is 15.9 Å². The summed E-state index contributed by atoms with van der Waals surface area (Å²) in [5.74, 6) is 0. The lowest BCUT2D eigenvalue weighted by Gasteiger charge is -2.11. The maximum atomic E-state index is 8.89. The lowest BCUT2D eigenvalue weighted by Crippen LogP contribution is -2.20. The molecule has 0 aliphatic rings. The van der Waals surface area contributed by atoms with Gasteiger partial charge in [0.2, 0.25) is 0 Å². The van der Waals surface area contributed by atoms with Crippen molar-refractivity contribution in [3.63, 3.8) is 0 Å². The molecule has 0 aliphatic heterocycles. The highest BCUT2D eigenvalue weighted by Gasteiger charge is 2.07. The summed E-state index contributed by atoms with van der Waals surface area (Å²) in [7, 11) is 4.06. The van der Waals surface area contributed by atoms with Gasteiger partial charge < -0.3 is 10.0 Å². The molecule has 0 aliphatic carbocycles. The van der Waals surface area contributed by atoms with Gasteiger partial charge in [-0.2, -0.15) is 5.10 Å². The number of hydrogen-bond donors (Lipinski definition) is 1. The molecule has 0 aromatic carbocycles. The fraction of sp³-hybridized carbons (Fsp3) is 0.667. The number of aromatic nitrogens is 2. The third-order valence-electron chi connectivity index (χ3n) is 2.01. The average Bonchev–Trinajstić information content (AvgIpc) is 2.46. The molecule has 0 atom stereocenters. The van der Waals surface area contributed by atoms with Crippen LogP contribution in [0.3, 0.4) is 0 Å². The van der Waals surface area contributed by atoms with E-state index in [1.807, 2.05) is 18.8 Å². The monoisotopic (exact) mass is 261 g/mol. The fourth-order valence-electron chi connectivity index (χ4n) is 1.23. The van der Waals surface area contributed by atoms with E-state index in [4.69, 9.17) is 5.11 Å². The van der Waals surface area contributed by atoms with Crippen LogP contribution in [0, 0.1) is 0 Å². The van der Waals surface area contributed by atoms with Gasteiger partial charge in [0.15, 0.2) is 0 Å². The lowest BCUT2D eigenvalue weighted by molar-refractivity contribution is 0.293. The lowest BCUT2D eigenvalue weighted by atomic mass is 10.3. The van der Waals surface area contributed by atoms with E-state index in [-0.39, 0.29) is 6.61 Å². The molecular formula is C9H16BrN3O. The van der Waals surface area contributed by atoms with Crippen LogP contribution in [0.5, 0.6) is 0 Å². The predicted molar refractivity (Wildman–Crippen MR) is 59.3 cm³/mol. The van der Waals surface area contributed by atoms with Crippen LogP contribution in [0.2, 0.25) is 0 Å². The molecule has 0 amide bonds. The summed E-state index contributed by atoms with van der Waals surface area (Å²) in [5.41, 5.74) is 1.06. The van der Waals surface area contributed by atoms with E-state index in [1.165, 1.54) is 0 Å². The van der Waals surface area contributed by atoms with Gasteiger partial charge in [0.25, 0.3) is 0 Å². The minimum Gasteiger partial charge on any atom is -0.396 e. The zero-order valence-electron chi connectivity index (χ0n) is 8.57. The van der Waals surface area contributed by atoms with Gasteiger partial charge in [-0.1, -0.05) is 0 Å². The van der Waals surface area contributed by atoms with Gasteiger partial charge in [0.05, 0.1) is 22.9 Å². The van der Waals surface area contributed by atoms with Crippen LogP contribution in [0.4, 0.5) is 0 Å². The van der Waals surface area contributed by atoms with E-state index in [0.29, 0.717) is 6.42 Å². The Morgan fingerprint density at radius 2 is 2.29 bits per heavy atom. The van der Waals surface area contributed by atoms with E-state index < -0.39 is 0 Å². The van der Waals surface area contributed by atoms with E-state index >= 15 is 0 Å². The Hall–Kier alpha value is -0.390. The highest BCUT2D eigenvalue weighted by Crippen LogP contribution is 2.16. The topological polar surface area (TPSA) is 41.3 Å². The second-order valence-electron chi connectivity index (χ2n) is 3.44. The molecule has 14 heavy (non-hydrogen) atoms. The first kappa shape index (κ1) is 11.7. The molecule has 0 unspecified atom stereocenters. The van der Waals surface area contributed by atoms with Crippen molar-refractivity contribution in [2.75, 3.05) is 27.2 Å². The summed E-state index contributed by atoms with van der Waals surface area (Å²) in [6, 6.07) is 0. The van der Waals surface area contributed by atoms with Crippen LogP contribution in [0.25, 0.3) is 0 Å². The summed E-state index contributed by atoms with van der Waals surface area (Å²) in [6.45, 7) is 1.97. The Kier molecular flexibility index (Phi) is 4.57. The van der Waals surface area contributed by atoms with Crippen molar-refractivity contribution in [1.82, 2.24) is 14.7 Å². The Labute approximate surface area is 92.6 Å². The van der Waals surface area contributed by atoms with Crippen molar-refractivity contribution in [3.8, 4) is 0 Å². The maximum absolute atomic E-state index is 8.89. The molecule has 0 bridgehead atoms. The Morgan fingerprint density at radius 3 is 2.86 bits per heavy atom. The number of nitrogens with zero attached hydrogens (tertiary/aromatic N) is 3. The average molecular weight is 262 g/mol. The van der Waals surface area contributed by atoms with Gasteiger partial charge in [-0.3, -0.25) is 4.68 Å². The van der Waals surface area contributed by atoms with Crippen LogP contribution in [-0.4, -0.2) is 47.0 Å². The largest absolute Gasteiger partial charge is 0.396 e. The fourth-order valence-corrected chi connectivity index (χ4v) is 1.72. The minimum atomic E-state index is 0.159. The highest BCUT2D eigenvalue weighted by atomic mass is 79.9. The SMILES string of the molecule is CN(C)CCn1ncc(Br)c1CCO. The van der Waals surface area contributed by atoms with Crippen LogP contribution >= 0.6 is 15.9 Å². The van der Waals surface area contributed by atoms with Gasteiger partial charge in [0.1, 0.15) is 0 Å². The zero-order chi connectivity index (χ0) is 10.6. The molecule has 1 aromatic heterocycles. The summed E-state index contributed by atoms with van der Waals surface area (Å²) < 4.78 is 2.91. The number of halogens is 1. The number of likely N-dealkylation sites (N-methyl/N-ethyl adjacent to an activating group) is 1. The van der Waals surface area contributed by atoms with Crippen LogP contribution in [0.15, 0.2) is 10.7 Å². The van der Waals surface area contributed by atoms with E-state index in [9.17, 15) is 0 Å². The van der Waals surface area contributed by atoms with Gasteiger partial charge in [-0.05, 0) is 30.0 Å².